The number of pyridine rings is 1. The summed E-state index contributed by atoms with van der Waals surface area (Å²) in [5.41, 5.74) is 4.06. The number of nitrogens with one attached hydrogen (secondary N) is 2. The van der Waals surface area contributed by atoms with E-state index in [0.717, 1.165) is 22.3 Å². The van der Waals surface area contributed by atoms with E-state index in [1.54, 1.807) is 19.2 Å². The number of anilines is 1. The molecule has 0 spiro atoms. The monoisotopic (exact) mass is 395 g/mol. The molecule has 3 aromatic heterocycles. The van der Waals surface area contributed by atoms with E-state index in [9.17, 15) is 4.79 Å². The number of carbonyl (C=O) groups is 1. The van der Waals surface area contributed by atoms with Gasteiger partial charge >= 0.3 is 0 Å². The van der Waals surface area contributed by atoms with Crippen LogP contribution in [0, 0.1) is 6.92 Å². The zero-order valence-corrected chi connectivity index (χ0v) is 16.1. The first-order valence-electron chi connectivity index (χ1n) is 9.43. The second kappa shape index (κ2) is 7.29. The second-order valence-corrected chi connectivity index (χ2v) is 6.78. The van der Waals surface area contributed by atoms with Crippen molar-refractivity contribution in [2.24, 2.45) is 0 Å². The molecule has 0 saturated heterocycles. The van der Waals surface area contributed by atoms with Crippen LogP contribution in [0.2, 0.25) is 0 Å². The average molecular weight is 395 g/mol. The van der Waals surface area contributed by atoms with Gasteiger partial charge in [-0.3, -0.25) is 9.78 Å². The van der Waals surface area contributed by atoms with Gasteiger partial charge in [0.15, 0.2) is 11.5 Å². The minimum Gasteiger partial charge on any atom is -0.441 e. The summed E-state index contributed by atoms with van der Waals surface area (Å²) >= 11 is 0. The van der Waals surface area contributed by atoms with Crippen LogP contribution in [0.15, 0.2) is 77.3 Å². The summed E-state index contributed by atoms with van der Waals surface area (Å²) in [5.74, 6) is 1.23. The zero-order valence-electron chi connectivity index (χ0n) is 16.1. The van der Waals surface area contributed by atoms with E-state index in [4.69, 9.17) is 4.42 Å². The van der Waals surface area contributed by atoms with Crippen molar-refractivity contribution in [2.75, 3.05) is 5.32 Å². The number of hydrogen-bond donors (Lipinski definition) is 2. The van der Waals surface area contributed by atoms with Crippen molar-refractivity contribution >= 4 is 22.6 Å². The molecule has 2 aromatic carbocycles. The maximum absolute atomic E-state index is 12.8. The number of fused-ring (bicyclic) bond motifs is 1. The SMILES string of the molecule is Cc1oc(-c2ccccc2)nc1C(=O)Nc1ccc2nc(-c3ccccn3)[nH]c2c1. The standard InChI is InChI=1S/C23H17N5O2/c1-14-20(28-23(30-14)15-7-3-2-4-8-15)22(29)25-16-10-11-17-19(13-16)27-21(26-17)18-9-5-6-12-24-18/h2-13H,1H3,(H,25,29)(H,26,27). The molecule has 0 aliphatic heterocycles. The Hall–Kier alpha value is -4.26. The van der Waals surface area contributed by atoms with Gasteiger partial charge in [-0.1, -0.05) is 24.3 Å². The predicted octanol–water partition coefficient (Wildman–Crippen LogP) is 4.84. The molecule has 0 aliphatic rings. The fourth-order valence-electron chi connectivity index (χ4n) is 3.21. The molecule has 146 valence electrons. The quantitative estimate of drug-likeness (QED) is 0.454. The molecule has 7 heteroatoms. The molecule has 0 aliphatic carbocycles. The molecular formula is C23H17N5O2. The van der Waals surface area contributed by atoms with Crippen molar-refractivity contribution in [3.05, 3.63) is 84.4 Å². The van der Waals surface area contributed by atoms with Gasteiger partial charge in [0, 0.05) is 17.4 Å². The molecule has 1 amide bonds. The lowest BCUT2D eigenvalue weighted by Gasteiger charge is -2.03. The minimum atomic E-state index is -0.331. The van der Waals surface area contributed by atoms with Crippen molar-refractivity contribution < 1.29 is 9.21 Å². The summed E-state index contributed by atoms with van der Waals surface area (Å²) in [4.78, 5) is 29.3. The van der Waals surface area contributed by atoms with Crippen LogP contribution in [0.3, 0.4) is 0 Å². The lowest BCUT2D eigenvalue weighted by molar-refractivity contribution is 0.102. The number of aromatic nitrogens is 4. The predicted molar refractivity (Wildman–Crippen MR) is 114 cm³/mol. The Morgan fingerprint density at radius 2 is 1.83 bits per heavy atom. The Kier molecular flexibility index (Phi) is 4.33. The number of nitrogens with zero attached hydrogens (tertiary/aromatic N) is 3. The van der Waals surface area contributed by atoms with E-state index in [1.165, 1.54) is 0 Å². The molecule has 0 unspecified atom stereocenters. The first kappa shape index (κ1) is 17.8. The number of carbonyl (C=O) groups excluding carboxylic acids is 1. The third-order valence-corrected chi connectivity index (χ3v) is 4.68. The number of benzene rings is 2. The van der Waals surface area contributed by atoms with Crippen LogP contribution in [0.5, 0.6) is 0 Å². The number of hydrogen-bond acceptors (Lipinski definition) is 5. The van der Waals surface area contributed by atoms with Crippen LogP contribution in [0.4, 0.5) is 5.69 Å². The van der Waals surface area contributed by atoms with Crippen molar-refractivity contribution in [3.8, 4) is 23.0 Å². The van der Waals surface area contributed by atoms with Gasteiger partial charge in [-0.25, -0.2) is 9.97 Å². The van der Waals surface area contributed by atoms with E-state index in [0.29, 0.717) is 23.2 Å². The van der Waals surface area contributed by atoms with Crippen molar-refractivity contribution in [1.29, 1.82) is 0 Å². The largest absolute Gasteiger partial charge is 0.441 e. The van der Waals surface area contributed by atoms with Crippen LogP contribution < -0.4 is 5.32 Å². The number of imidazole rings is 1. The fourth-order valence-corrected chi connectivity index (χ4v) is 3.21. The van der Waals surface area contributed by atoms with E-state index in [-0.39, 0.29) is 11.6 Å². The Bertz CT molecular complexity index is 1340. The first-order chi connectivity index (χ1) is 14.7. The highest BCUT2D eigenvalue weighted by atomic mass is 16.4. The number of rotatable bonds is 4. The molecule has 2 N–H and O–H groups in total. The third kappa shape index (κ3) is 3.33. The van der Waals surface area contributed by atoms with Gasteiger partial charge in [0.1, 0.15) is 11.5 Å². The summed E-state index contributed by atoms with van der Waals surface area (Å²) in [6, 6.07) is 20.6. The molecule has 30 heavy (non-hydrogen) atoms. The van der Waals surface area contributed by atoms with Crippen LogP contribution in [-0.2, 0) is 0 Å². The smallest absolute Gasteiger partial charge is 0.277 e. The lowest BCUT2D eigenvalue weighted by atomic mass is 10.2. The van der Waals surface area contributed by atoms with Crippen LogP contribution in [-0.4, -0.2) is 25.8 Å². The van der Waals surface area contributed by atoms with E-state index in [2.05, 4.69) is 25.3 Å². The lowest BCUT2D eigenvalue weighted by Crippen LogP contribution is -2.13. The number of oxazole rings is 1. The Balaban J connectivity index is 1.40. The van der Waals surface area contributed by atoms with E-state index in [1.807, 2.05) is 60.7 Å². The first-order valence-corrected chi connectivity index (χ1v) is 9.43. The van der Waals surface area contributed by atoms with Crippen molar-refractivity contribution in [3.63, 3.8) is 0 Å². The van der Waals surface area contributed by atoms with Crippen LogP contribution >= 0.6 is 0 Å². The minimum absolute atomic E-state index is 0.257. The zero-order chi connectivity index (χ0) is 20.5. The van der Waals surface area contributed by atoms with Crippen molar-refractivity contribution in [2.45, 2.75) is 6.92 Å². The summed E-state index contributed by atoms with van der Waals surface area (Å²) in [7, 11) is 0. The Morgan fingerprint density at radius 3 is 2.63 bits per heavy atom. The molecule has 0 atom stereocenters. The number of amides is 1. The van der Waals surface area contributed by atoms with Gasteiger partial charge in [0.05, 0.1) is 11.0 Å². The molecule has 3 heterocycles. The van der Waals surface area contributed by atoms with Gasteiger partial charge in [0.2, 0.25) is 5.89 Å². The molecule has 5 aromatic rings. The van der Waals surface area contributed by atoms with Gasteiger partial charge < -0.3 is 14.7 Å². The Morgan fingerprint density at radius 1 is 1.00 bits per heavy atom. The molecule has 0 radical (unpaired) electrons. The fraction of sp³-hybridized carbons (Fsp3) is 0.0435. The maximum atomic E-state index is 12.8. The highest BCUT2D eigenvalue weighted by Crippen LogP contribution is 2.24. The van der Waals surface area contributed by atoms with Gasteiger partial charge in [-0.2, -0.15) is 0 Å². The number of H-pyrrole nitrogens is 1. The van der Waals surface area contributed by atoms with Crippen molar-refractivity contribution in [1.82, 2.24) is 19.9 Å². The van der Waals surface area contributed by atoms with Gasteiger partial charge in [0.25, 0.3) is 5.91 Å². The molecular weight excluding hydrogens is 378 g/mol. The summed E-state index contributed by atoms with van der Waals surface area (Å²) in [6.45, 7) is 1.73. The number of aryl methyl sites for hydroxylation is 1. The molecule has 0 fully saturated rings. The highest BCUT2D eigenvalue weighted by Gasteiger charge is 2.18. The summed E-state index contributed by atoms with van der Waals surface area (Å²) in [5, 5.41) is 2.88. The molecule has 0 saturated carbocycles. The summed E-state index contributed by atoms with van der Waals surface area (Å²) < 4.78 is 5.69. The summed E-state index contributed by atoms with van der Waals surface area (Å²) in [6.07, 6.45) is 1.72. The molecule has 7 nitrogen and oxygen atoms in total. The average Bonchev–Trinajstić information content (AvgIpc) is 3.38. The van der Waals surface area contributed by atoms with E-state index >= 15 is 0 Å². The molecule has 0 bridgehead atoms. The normalized spacial score (nSPS) is 11.0. The molecule has 5 rings (SSSR count). The second-order valence-electron chi connectivity index (χ2n) is 6.78. The maximum Gasteiger partial charge on any atom is 0.277 e. The topological polar surface area (TPSA) is 96.7 Å². The van der Waals surface area contributed by atoms with Gasteiger partial charge in [-0.15, -0.1) is 0 Å². The third-order valence-electron chi connectivity index (χ3n) is 4.68. The van der Waals surface area contributed by atoms with E-state index < -0.39 is 0 Å². The Labute approximate surface area is 171 Å². The van der Waals surface area contributed by atoms with Crippen LogP contribution in [0.1, 0.15) is 16.2 Å². The highest BCUT2D eigenvalue weighted by molar-refractivity contribution is 6.04. The van der Waals surface area contributed by atoms with Crippen LogP contribution in [0.25, 0.3) is 34.0 Å². The number of aromatic amines is 1. The van der Waals surface area contributed by atoms with Gasteiger partial charge in [-0.05, 0) is 49.4 Å².